The van der Waals surface area contributed by atoms with Crippen LogP contribution in [0.1, 0.15) is 60.9 Å². The van der Waals surface area contributed by atoms with E-state index in [-0.39, 0.29) is 29.5 Å². The lowest BCUT2D eigenvalue weighted by Crippen LogP contribution is -2.44. The first-order valence-corrected chi connectivity index (χ1v) is 10.9. The largest absolute Gasteiger partial charge is 0.342 e. The van der Waals surface area contributed by atoms with Crippen molar-refractivity contribution in [2.24, 2.45) is 0 Å². The summed E-state index contributed by atoms with van der Waals surface area (Å²) >= 11 is 0. The summed E-state index contributed by atoms with van der Waals surface area (Å²) in [5, 5.41) is 3.24. The molecule has 0 radical (unpaired) electrons. The van der Waals surface area contributed by atoms with E-state index in [1.807, 2.05) is 23.1 Å². The molecule has 0 spiro atoms. The third-order valence-corrected chi connectivity index (χ3v) is 6.40. The highest BCUT2D eigenvalue weighted by atomic mass is 16.2. The number of amides is 2. The van der Waals surface area contributed by atoms with Crippen LogP contribution in [-0.2, 0) is 16.9 Å². The fraction of sp³-hybridized carbons (Fsp3) is 0.458. The first kappa shape index (κ1) is 20.4. The van der Waals surface area contributed by atoms with Gasteiger partial charge >= 0.3 is 0 Å². The highest BCUT2D eigenvalue weighted by Crippen LogP contribution is 2.38. The molecule has 1 aliphatic heterocycles. The molecule has 2 fully saturated rings. The number of likely N-dealkylation sites (tertiary alicyclic amines) is 1. The maximum absolute atomic E-state index is 13.1. The number of benzene rings is 1. The molecule has 6 nitrogen and oxygen atoms in total. The van der Waals surface area contributed by atoms with Gasteiger partial charge in [-0.05, 0) is 43.7 Å². The molecule has 0 bridgehead atoms. The number of nitrogens with zero attached hydrogens (tertiary/aromatic N) is 2. The fourth-order valence-electron chi connectivity index (χ4n) is 4.69. The third kappa shape index (κ3) is 4.32. The predicted octanol–water partition coefficient (Wildman–Crippen LogP) is 3.06. The average Bonchev–Trinajstić information content (AvgIpc) is 3.26. The number of carbonyl (C=O) groups is 2. The van der Waals surface area contributed by atoms with Crippen LogP contribution >= 0.6 is 0 Å². The van der Waals surface area contributed by atoms with Crippen LogP contribution in [0.2, 0.25) is 0 Å². The van der Waals surface area contributed by atoms with Crippen molar-refractivity contribution in [3.63, 3.8) is 0 Å². The highest BCUT2D eigenvalue weighted by Gasteiger charge is 2.37. The van der Waals surface area contributed by atoms with Crippen LogP contribution in [-0.4, -0.2) is 34.4 Å². The Bertz CT molecular complexity index is 955. The third-order valence-electron chi connectivity index (χ3n) is 6.40. The average molecular weight is 408 g/mol. The van der Waals surface area contributed by atoms with Gasteiger partial charge in [-0.3, -0.25) is 14.4 Å². The van der Waals surface area contributed by atoms with Crippen LogP contribution in [0.5, 0.6) is 0 Å². The minimum atomic E-state index is -0.372. The number of rotatable bonds is 5. The summed E-state index contributed by atoms with van der Waals surface area (Å²) in [7, 11) is 0. The number of pyridine rings is 1. The van der Waals surface area contributed by atoms with E-state index < -0.39 is 0 Å². The minimum Gasteiger partial charge on any atom is -0.342 e. The summed E-state index contributed by atoms with van der Waals surface area (Å²) in [6, 6.07) is 13.0. The number of carbonyl (C=O) groups excluding carboxylic acids is 2. The Morgan fingerprint density at radius 1 is 0.900 bits per heavy atom. The van der Waals surface area contributed by atoms with Crippen LogP contribution in [0.4, 0.5) is 0 Å². The Morgan fingerprint density at radius 3 is 2.30 bits per heavy atom. The van der Waals surface area contributed by atoms with Gasteiger partial charge in [-0.2, -0.15) is 0 Å². The van der Waals surface area contributed by atoms with E-state index in [9.17, 15) is 14.4 Å². The second kappa shape index (κ2) is 8.86. The first-order valence-electron chi connectivity index (χ1n) is 10.9. The van der Waals surface area contributed by atoms with Gasteiger partial charge in [-0.1, -0.05) is 43.2 Å². The molecule has 158 valence electrons. The smallest absolute Gasteiger partial charge is 0.253 e. The minimum absolute atomic E-state index is 0.0240. The molecule has 1 saturated carbocycles. The van der Waals surface area contributed by atoms with Crippen LogP contribution in [0, 0.1) is 0 Å². The van der Waals surface area contributed by atoms with E-state index in [0.717, 1.165) is 63.6 Å². The zero-order valence-corrected chi connectivity index (χ0v) is 17.3. The molecule has 2 aliphatic rings. The molecule has 1 aromatic heterocycles. The highest BCUT2D eigenvalue weighted by molar-refractivity contribution is 5.94. The van der Waals surface area contributed by atoms with Gasteiger partial charge in [0.25, 0.3) is 11.5 Å². The lowest BCUT2D eigenvalue weighted by Gasteiger charge is -2.31. The number of hydrogen-bond acceptors (Lipinski definition) is 3. The molecule has 6 heteroatoms. The monoisotopic (exact) mass is 407 g/mol. The maximum Gasteiger partial charge on any atom is 0.253 e. The first-order chi connectivity index (χ1) is 14.6. The molecule has 1 saturated heterocycles. The van der Waals surface area contributed by atoms with Crippen LogP contribution < -0.4 is 10.9 Å². The summed E-state index contributed by atoms with van der Waals surface area (Å²) in [6.07, 6.45) is 8.61. The zero-order chi connectivity index (χ0) is 21.0. The van der Waals surface area contributed by atoms with Gasteiger partial charge in [0.1, 0.15) is 6.54 Å². The molecule has 2 amide bonds. The number of aromatic nitrogens is 1. The Morgan fingerprint density at radius 2 is 1.60 bits per heavy atom. The lowest BCUT2D eigenvalue weighted by atomic mass is 9.88. The van der Waals surface area contributed by atoms with Crippen molar-refractivity contribution < 1.29 is 9.59 Å². The molecule has 30 heavy (non-hydrogen) atoms. The quantitative estimate of drug-likeness (QED) is 0.828. The Kier molecular flexibility index (Phi) is 6.02. The van der Waals surface area contributed by atoms with Crippen molar-refractivity contribution >= 4 is 11.8 Å². The van der Waals surface area contributed by atoms with E-state index in [1.54, 1.807) is 6.07 Å². The second-order valence-corrected chi connectivity index (χ2v) is 8.43. The Hall–Kier alpha value is -2.89. The lowest BCUT2D eigenvalue weighted by molar-refractivity contribution is -0.132. The molecular weight excluding hydrogens is 378 g/mol. The van der Waals surface area contributed by atoms with E-state index >= 15 is 0 Å². The number of hydrogen-bond donors (Lipinski definition) is 1. The van der Waals surface area contributed by atoms with Gasteiger partial charge in [0, 0.05) is 25.4 Å². The van der Waals surface area contributed by atoms with Crippen molar-refractivity contribution in [1.29, 1.82) is 0 Å². The molecule has 2 heterocycles. The van der Waals surface area contributed by atoms with E-state index in [2.05, 4.69) is 17.4 Å². The molecule has 0 unspecified atom stereocenters. The molecular formula is C24H29N3O3. The molecule has 1 N–H and O–H groups in total. The summed E-state index contributed by atoms with van der Waals surface area (Å²) in [5.41, 5.74) is 0.881. The van der Waals surface area contributed by atoms with Crippen molar-refractivity contribution in [3.05, 3.63) is 70.1 Å². The number of nitrogens with one attached hydrogen (secondary N) is 1. The van der Waals surface area contributed by atoms with Crippen molar-refractivity contribution in [2.75, 3.05) is 13.1 Å². The van der Waals surface area contributed by atoms with Gasteiger partial charge < -0.3 is 14.8 Å². The van der Waals surface area contributed by atoms with Crippen LogP contribution in [0.25, 0.3) is 0 Å². The normalized spacial score (nSPS) is 18.2. The molecule has 2 aromatic rings. The van der Waals surface area contributed by atoms with E-state index in [4.69, 9.17) is 0 Å². The van der Waals surface area contributed by atoms with Crippen molar-refractivity contribution in [1.82, 2.24) is 14.8 Å². The summed E-state index contributed by atoms with van der Waals surface area (Å²) in [5.74, 6) is -0.272. The summed E-state index contributed by atoms with van der Waals surface area (Å²) < 4.78 is 1.36. The van der Waals surface area contributed by atoms with Gasteiger partial charge in [0.05, 0.1) is 11.1 Å². The predicted molar refractivity (Wildman–Crippen MR) is 115 cm³/mol. The summed E-state index contributed by atoms with van der Waals surface area (Å²) in [6.45, 7) is 1.46. The number of piperidine rings is 1. The molecule has 1 aliphatic carbocycles. The maximum atomic E-state index is 13.1. The van der Waals surface area contributed by atoms with Crippen molar-refractivity contribution in [2.45, 2.75) is 57.0 Å². The van der Waals surface area contributed by atoms with Gasteiger partial charge in [0.15, 0.2) is 0 Å². The standard InChI is InChI=1S/C24H29N3O3/c28-21-12-11-19(17-27(21)18-22(29)26-15-7-2-8-16-26)23(30)25-24(13-5-6-14-24)20-9-3-1-4-10-20/h1,3-4,9-12,17H,2,5-8,13-16,18H2,(H,25,30). The van der Waals surface area contributed by atoms with E-state index in [1.165, 1.54) is 16.8 Å². The fourth-order valence-corrected chi connectivity index (χ4v) is 4.69. The van der Waals surface area contributed by atoms with E-state index in [0.29, 0.717) is 5.56 Å². The van der Waals surface area contributed by atoms with Gasteiger partial charge in [0.2, 0.25) is 5.91 Å². The van der Waals surface area contributed by atoms with Crippen LogP contribution in [0.3, 0.4) is 0 Å². The Balaban J connectivity index is 1.52. The van der Waals surface area contributed by atoms with Gasteiger partial charge in [-0.25, -0.2) is 0 Å². The molecule has 0 atom stereocenters. The Labute approximate surface area is 176 Å². The van der Waals surface area contributed by atoms with Crippen LogP contribution in [0.15, 0.2) is 53.5 Å². The van der Waals surface area contributed by atoms with Crippen molar-refractivity contribution in [3.8, 4) is 0 Å². The second-order valence-electron chi connectivity index (χ2n) is 8.43. The molecule has 4 rings (SSSR count). The zero-order valence-electron chi connectivity index (χ0n) is 17.3. The topological polar surface area (TPSA) is 71.4 Å². The molecule has 1 aromatic carbocycles. The SMILES string of the molecule is O=C(NC1(c2ccccc2)CCCC1)c1ccc(=O)n(CC(=O)N2CCCCC2)c1. The van der Waals surface area contributed by atoms with Gasteiger partial charge in [-0.15, -0.1) is 0 Å². The summed E-state index contributed by atoms with van der Waals surface area (Å²) in [4.78, 5) is 39.8.